The van der Waals surface area contributed by atoms with Crippen molar-refractivity contribution in [2.24, 2.45) is 0 Å². The van der Waals surface area contributed by atoms with Crippen LogP contribution in [0, 0.1) is 11.6 Å². The molecule has 1 aliphatic carbocycles. The second kappa shape index (κ2) is 14.5. The third kappa shape index (κ3) is 8.31. The first-order valence-corrected chi connectivity index (χ1v) is 15.9. The molecule has 0 aromatic heterocycles. The second-order valence-corrected chi connectivity index (χ2v) is 12.4. The highest BCUT2D eigenvalue weighted by Crippen LogP contribution is 2.26. The molecule has 8 nitrogen and oxygen atoms in total. The number of carbonyl (C=O) groups excluding carboxylic acids is 2. The number of benzene rings is 3. The Balaban J connectivity index is 1.66. The summed E-state index contributed by atoms with van der Waals surface area (Å²) < 4.78 is 61.6. The van der Waals surface area contributed by atoms with Crippen LogP contribution >= 0.6 is 0 Å². The Morgan fingerprint density at radius 3 is 2.07 bits per heavy atom. The number of rotatable bonds is 12. The standard InChI is InChI=1S/C32H37F2N3O5S/c1-3-42-29-17-19-30(20-18-29)43(40,41)37(28-15-13-26(34)14-16-28)22-31(38)36(21-24-9-11-25(33)12-10-24)23(2)32(39)35-27-7-5-4-6-8-27/h9-20,23,27H,3-8,21-22H2,1-2H3,(H,35,39). The molecule has 0 spiro atoms. The van der Waals surface area contributed by atoms with Gasteiger partial charge in [-0.2, -0.15) is 0 Å². The van der Waals surface area contributed by atoms with Gasteiger partial charge in [-0.25, -0.2) is 17.2 Å². The summed E-state index contributed by atoms with van der Waals surface area (Å²) in [5.41, 5.74) is 0.638. The van der Waals surface area contributed by atoms with Crippen LogP contribution in [0.1, 0.15) is 51.5 Å². The van der Waals surface area contributed by atoms with Crippen LogP contribution in [0.5, 0.6) is 5.75 Å². The van der Waals surface area contributed by atoms with Gasteiger partial charge >= 0.3 is 0 Å². The molecular weight excluding hydrogens is 576 g/mol. The van der Waals surface area contributed by atoms with E-state index < -0.39 is 40.2 Å². The van der Waals surface area contributed by atoms with Crippen molar-refractivity contribution < 1.29 is 31.5 Å². The predicted octanol–water partition coefficient (Wildman–Crippen LogP) is 5.43. The van der Waals surface area contributed by atoms with E-state index in [1.54, 1.807) is 13.8 Å². The van der Waals surface area contributed by atoms with Crippen LogP contribution in [0.4, 0.5) is 14.5 Å². The summed E-state index contributed by atoms with van der Waals surface area (Å²) in [6.07, 6.45) is 4.83. The van der Waals surface area contributed by atoms with E-state index in [1.165, 1.54) is 65.6 Å². The quantitative estimate of drug-likeness (QED) is 0.294. The first-order chi connectivity index (χ1) is 20.6. The number of carbonyl (C=O) groups is 2. The molecule has 230 valence electrons. The number of sulfonamides is 1. The third-order valence-corrected chi connectivity index (χ3v) is 9.29. The summed E-state index contributed by atoms with van der Waals surface area (Å²) >= 11 is 0. The van der Waals surface area contributed by atoms with Gasteiger partial charge in [0.25, 0.3) is 10.0 Å². The van der Waals surface area contributed by atoms with Gasteiger partial charge in [-0.05, 0) is 92.9 Å². The molecule has 0 radical (unpaired) electrons. The lowest BCUT2D eigenvalue weighted by molar-refractivity contribution is -0.139. The molecule has 43 heavy (non-hydrogen) atoms. The average molecular weight is 614 g/mol. The Bertz CT molecular complexity index is 1480. The van der Waals surface area contributed by atoms with Crippen molar-refractivity contribution in [2.75, 3.05) is 17.5 Å². The van der Waals surface area contributed by atoms with Crippen LogP contribution in [0.25, 0.3) is 0 Å². The number of halogens is 2. The van der Waals surface area contributed by atoms with E-state index in [-0.39, 0.29) is 29.1 Å². The number of nitrogens with zero attached hydrogens (tertiary/aromatic N) is 2. The van der Waals surface area contributed by atoms with Crippen LogP contribution in [0.15, 0.2) is 77.7 Å². The van der Waals surface area contributed by atoms with Gasteiger partial charge in [-0.3, -0.25) is 13.9 Å². The Morgan fingerprint density at radius 2 is 1.49 bits per heavy atom. The molecule has 1 fully saturated rings. The maximum absolute atomic E-state index is 14.0. The van der Waals surface area contributed by atoms with Crippen molar-refractivity contribution in [1.82, 2.24) is 10.2 Å². The first kappa shape index (κ1) is 31.9. The van der Waals surface area contributed by atoms with E-state index in [9.17, 15) is 26.8 Å². The fraction of sp³-hybridized carbons (Fsp3) is 0.375. The molecule has 0 saturated heterocycles. The van der Waals surface area contributed by atoms with Gasteiger partial charge in [-0.1, -0.05) is 31.4 Å². The van der Waals surface area contributed by atoms with Crippen LogP contribution in [0.2, 0.25) is 0 Å². The molecule has 1 N–H and O–H groups in total. The van der Waals surface area contributed by atoms with Crippen molar-refractivity contribution in [1.29, 1.82) is 0 Å². The molecule has 4 rings (SSSR count). The second-order valence-electron chi connectivity index (χ2n) is 10.6. The zero-order valence-electron chi connectivity index (χ0n) is 24.3. The van der Waals surface area contributed by atoms with Gasteiger partial charge in [0, 0.05) is 12.6 Å². The number of hydrogen-bond acceptors (Lipinski definition) is 5. The lowest BCUT2D eigenvalue weighted by Crippen LogP contribution is -2.53. The van der Waals surface area contributed by atoms with Gasteiger partial charge in [0.2, 0.25) is 11.8 Å². The topological polar surface area (TPSA) is 96.0 Å². The Hall–Kier alpha value is -3.99. The minimum Gasteiger partial charge on any atom is -0.494 e. The highest BCUT2D eigenvalue weighted by Gasteiger charge is 2.33. The van der Waals surface area contributed by atoms with E-state index in [0.29, 0.717) is 17.9 Å². The van der Waals surface area contributed by atoms with Crippen LogP contribution < -0.4 is 14.4 Å². The summed E-state index contributed by atoms with van der Waals surface area (Å²) in [4.78, 5) is 28.5. The molecule has 1 aliphatic rings. The summed E-state index contributed by atoms with van der Waals surface area (Å²) in [6, 6.07) is 15.1. The molecular formula is C32H37F2N3O5S. The number of amides is 2. The van der Waals surface area contributed by atoms with Crippen LogP contribution in [-0.2, 0) is 26.2 Å². The molecule has 1 unspecified atom stereocenters. The Labute approximate surface area is 251 Å². The maximum atomic E-state index is 14.0. The molecule has 1 saturated carbocycles. The molecule has 11 heteroatoms. The van der Waals surface area contributed by atoms with E-state index >= 15 is 0 Å². The maximum Gasteiger partial charge on any atom is 0.264 e. The fourth-order valence-electron chi connectivity index (χ4n) is 5.08. The van der Waals surface area contributed by atoms with Gasteiger partial charge in [0.1, 0.15) is 30.0 Å². The molecule has 2 amide bonds. The SMILES string of the molecule is CCOc1ccc(S(=O)(=O)N(CC(=O)N(Cc2ccc(F)cc2)C(C)C(=O)NC2CCCCC2)c2ccc(F)cc2)cc1. The number of hydrogen-bond donors (Lipinski definition) is 1. The molecule has 3 aromatic carbocycles. The van der Waals surface area contributed by atoms with Crippen LogP contribution in [-0.4, -0.2) is 50.4 Å². The Morgan fingerprint density at radius 1 is 0.907 bits per heavy atom. The number of ether oxygens (including phenoxy) is 1. The zero-order chi connectivity index (χ0) is 31.0. The van der Waals surface area contributed by atoms with Crippen molar-refractivity contribution >= 4 is 27.5 Å². The zero-order valence-corrected chi connectivity index (χ0v) is 25.2. The van der Waals surface area contributed by atoms with E-state index in [4.69, 9.17) is 4.74 Å². The van der Waals surface area contributed by atoms with E-state index in [0.717, 1.165) is 48.5 Å². The van der Waals surface area contributed by atoms with E-state index in [2.05, 4.69) is 5.32 Å². The van der Waals surface area contributed by atoms with Gasteiger partial charge in [-0.15, -0.1) is 0 Å². The monoisotopic (exact) mass is 613 g/mol. The van der Waals surface area contributed by atoms with Crippen LogP contribution in [0.3, 0.4) is 0 Å². The fourth-order valence-corrected chi connectivity index (χ4v) is 6.49. The number of anilines is 1. The third-order valence-electron chi connectivity index (χ3n) is 7.50. The average Bonchev–Trinajstić information content (AvgIpc) is 3.00. The van der Waals surface area contributed by atoms with Gasteiger partial charge in [0.15, 0.2) is 0 Å². The van der Waals surface area contributed by atoms with Crippen molar-refractivity contribution in [3.63, 3.8) is 0 Å². The number of nitrogens with one attached hydrogen (secondary N) is 1. The van der Waals surface area contributed by atoms with Crippen molar-refractivity contribution in [2.45, 2.75) is 69.5 Å². The molecule has 0 bridgehead atoms. The summed E-state index contributed by atoms with van der Waals surface area (Å²) in [7, 11) is -4.32. The largest absolute Gasteiger partial charge is 0.494 e. The lowest BCUT2D eigenvalue weighted by Gasteiger charge is -2.33. The summed E-state index contributed by atoms with van der Waals surface area (Å²) in [6.45, 7) is 3.07. The van der Waals surface area contributed by atoms with E-state index in [1.807, 2.05) is 0 Å². The predicted molar refractivity (Wildman–Crippen MR) is 160 cm³/mol. The van der Waals surface area contributed by atoms with Gasteiger partial charge < -0.3 is 15.0 Å². The summed E-state index contributed by atoms with van der Waals surface area (Å²) in [5.74, 6) is -1.55. The summed E-state index contributed by atoms with van der Waals surface area (Å²) in [5, 5.41) is 3.03. The minimum absolute atomic E-state index is 0.00206. The molecule has 0 aliphatic heterocycles. The van der Waals surface area contributed by atoms with Gasteiger partial charge in [0.05, 0.1) is 17.2 Å². The van der Waals surface area contributed by atoms with Crippen molar-refractivity contribution in [3.05, 3.63) is 90.0 Å². The Kier molecular flexibility index (Phi) is 10.7. The molecule has 0 heterocycles. The smallest absolute Gasteiger partial charge is 0.264 e. The first-order valence-electron chi connectivity index (χ1n) is 14.4. The van der Waals surface area contributed by atoms with Crippen molar-refractivity contribution in [3.8, 4) is 5.75 Å². The lowest BCUT2D eigenvalue weighted by atomic mass is 9.95. The highest BCUT2D eigenvalue weighted by molar-refractivity contribution is 7.92. The minimum atomic E-state index is -4.32. The molecule has 3 aromatic rings. The normalized spacial score (nSPS) is 14.5. The molecule has 1 atom stereocenters. The highest BCUT2D eigenvalue weighted by atomic mass is 32.2.